The van der Waals surface area contributed by atoms with E-state index in [9.17, 15) is 9.18 Å². The molecule has 0 atom stereocenters. The first kappa shape index (κ1) is 21.0. The molecule has 3 nitrogen and oxygen atoms in total. The molecule has 152 valence electrons. The quantitative estimate of drug-likeness (QED) is 0.304. The Hall–Kier alpha value is -2.24. The van der Waals surface area contributed by atoms with Crippen LogP contribution < -0.4 is 10.3 Å². The highest BCUT2D eigenvalue weighted by molar-refractivity contribution is 6.40. The van der Waals surface area contributed by atoms with Crippen LogP contribution in [0, 0.1) is 5.82 Å². The first-order chi connectivity index (χ1) is 14.3. The van der Waals surface area contributed by atoms with E-state index in [1.807, 2.05) is 0 Å². The molecule has 0 bridgehead atoms. The molecular weight excluding hydrogens is 471 g/mol. The highest BCUT2D eigenvalue weighted by atomic mass is 35.5. The van der Waals surface area contributed by atoms with Gasteiger partial charge in [-0.2, -0.15) is 0 Å². The fourth-order valence-electron chi connectivity index (χ4n) is 3.35. The van der Waals surface area contributed by atoms with Crippen LogP contribution in [0.4, 0.5) is 4.39 Å². The van der Waals surface area contributed by atoms with Gasteiger partial charge in [-0.15, -0.1) is 0 Å². The second kappa shape index (κ2) is 8.12. The molecule has 0 spiro atoms. The first-order valence-electron chi connectivity index (χ1n) is 8.64. The summed E-state index contributed by atoms with van der Waals surface area (Å²) in [6.45, 7) is 0. The molecule has 1 heterocycles. The van der Waals surface area contributed by atoms with E-state index < -0.39 is 5.82 Å². The van der Waals surface area contributed by atoms with Crippen molar-refractivity contribution >= 4 is 57.3 Å². The number of hydrogen-bond acceptors (Lipinski definition) is 2. The summed E-state index contributed by atoms with van der Waals surface area (Å²) in [5, 5.41) is 1.67. The number of fused-ring (bicyclic) bond motifs is 1. The number of pyridine rings is 1. The summed E-state index contributed by atoms with van der Waals surface area (Å²) in [5.74, 6) is 0.0195. The standard InChI is InChI=1S/C22H12Cl4FNO2/c1-30-13-9-16(14-3-2-12(27)8-17(14)24)15-4-5-21(29)28(20(15)10-13)22-18(25)6-11(23)7-19(22)26/h2-10H,1H3. The molecule has 0 aliphatic rings. The lowest BCUT2D eigenvalue weighted by molar-refractivity contribution is 0.415. The Labute approximate surface area is 191 Å². The van der Waals surface area contributed by atoms with Gasteiger partial charge in [0.15, 0.2) is 0 Å². The maximum atomic E-state index is 13.6. The molecule has 0 radical (unpaired) electrons. The molecule has 30 heavy (non-hydrogen) atoms. The molecule has 1 aromatic heterocycles. The molecule has 0 saturated carbocycles. The molecule has 3 aromatic carbocycles. The van der Waals surface area contributed by atoms with Crippen LogP contribution in [-0.2, 0) is 0 Å². The molecule has 0 fully saturated rings. The molecule has 0 unspecified atom stereocenters. The predicted octanol–water partition coefficient (Wildman–Crippen LogP) is 7.42. The zero-order valence-electron chi connectivity index (χ0n) is 15.3. The van der Waals surface area contributed by atoms with Gasteiger partial charge in [0.05, 0.1) is 33.4 Å². The molecule has 0 saturated heterocycles. The molecule has 0 N–H and O–H groups in total. The van der Waals surface area contributed by atoms with Crippen LogP contribution in [-0.4, -0.2) is 11.7 Å². The van der Waals surface area contributed by atoms with Gasteiger partial charge in [0, 0.05) is 28.1 Å². The van der Waals surface area contributed by atoms with E-state index in [1.54, 1.807) is 24.3 Å². The Balaban J connectivity index is 2.15. The van der Waals surface area contributed by atoms with Crippen molar-refractivity contribution in [1.82, 2.24) is 4.57 Å². The number of halogens is 5. The normalized spacial score (nSPS) is 11.1. The number of rotatable bonds is 3. The van der Waals surface area contributed by atoms with Gasteiger partial charge in [-0.05, 0) is 48.0 Å². The topological polar surface area (TPSA) is 31.2 Å². The summed E-state index contributed by atoms with van der Waals surface area (Å²) in [6.07, 6.45) is 0. The average Bonchev–Trinajstić information content (AvgIpc) is 2.68. The fourth-order valence-corrected chi connectivity index (χ4v) is 4.60. The van der Waals surface area contributed by atoms with E-state index >= 15 is 0 Å². The average molecular weight is 483 g/mol. The van der Waals surface area contributed by atoms with Crippen molar-refractivity contribution in [3.05, 3.63) is 90.9 Å². The van der Waals surface area contributed by atoms with Crippen LogP contribution in [0.25, 0.3) is 27.7 Å². The van der Waals surface area contributed by atoms with Crippen LogP contribution >= 0.6 is 46.4 Å². The number of benzene rings is 3. The van der Waals surface area contributed by atoms with E-state index in [0.717, 1.165) is 0 Å². The van der Waals surface area contributed by atoms with Crippen molar-refractivity contribution in [2.75, 3.05) is 7.11 Å². The van der Waals surface area contributed by atoms with Crippen LogP contribution in [0.15, 0.2) is 59.4 Å². The Morgan fingerprint density at radius 1 is 0.833 bits per heavy atom. The monoisotopic (exact) mass is 481 g/mol. The minimum atomic E-state index is -0.451. The van der Waals surface area contributed by atoms with E-state index in [2.05, 4.69) is 0 Å². The Kier molecular flexibility index (Phi) is 5.69. The maximum absolute atomic E-state index is 13.6. The smallest absolute Gasteiger partial charge is 0.255 e. The summed E-state index contributed by atoms with van der Waals surface area (Å²) in [4.78, 5) is 12.9. The van der Waals surface area contributed by atoms with Gasteiger partial charge in [-0.1, -0.05) is 46.4 Å². The van der Waals surface area contributed by atoms with Crippen LogP contribution in [0.3, 0.4) is 0 Å². The minimum Gasteiger partial charge on any atom is -0.497 e. The number of ether oxygens (including phenoxy) is 1. The lowest BCUT2D eigenvalue weighted by Gasteiger charge is -2.17. The SMILES string of the molecule is COc1cc(-c2ccc(F)cc2Cl)c2ccc(=O)n(-c3c(Cl)cc(Cl)cc3Cl)c2c1. The summed E-state index contributed by atoms with van der Waals surface area (Å²) in [6, 6.07) is 13.7. The van der Waals surface area contributed by atoms with Gasteiger partial charge in [0.25, 0.3) is 5.56 Å². The van der Waals surface area contributed by atoms with Crippen molar-refractivity contribution in [2.45, 2.75) is 0 Å². The first-order valence-corrected chi connectivity index (χ1v) is 10.2. The van der Waals surface area contributed by atoms with Gasteiger partial charge in [-0.3, -0.25) is 9.36 Å². The van der Waals surface area contributed by atoms with E-state index in [-0.39, 0.29) is 20.6 Å². The summed E-state index contributed by atoms with van der Waals surface area (Å²) in [5.41, 5.74) is 1.67. The van der Waals surface area contributed by atoms with E-state index in [0.29, 0.717) is 38.5 Å². The van der Waals surface area contributed by atoms with Gasteiger partial charge in [0.1, 0.15) is 11.6 Å². The third kappa shape index (κ3) is 3.65. The second-order valence-corrected chi connectivity index (χ2v) is 8.11. The van der Waals surface area contributed by atoms with Gasteiger partial charge >= 0.3 is 0 Å². The van der Waals surface area contributed by atoms with E-state index in [4.69, 9.17) is 51.1 Å². The van der Waals surface area contributed by atoms with Gasteiger partial charge < -0.3 is 4.74 Å². The van der Waals surface area contributed by atoms with Crippen molar-refractivity contribution in [1.29, 1.82) is 0 Å². The molecule has 0 amide bonds. The van der Waals surface area contributed by atoms with Gasteiger partial charge in [-0.25, -0.2) is 4.39 Å². The fraction of sp³-hybridized carbons (Fsp3) is 0.0455. The van der Waals surface area contributed by atoms with Crippen molar-refractivity contribution in [3.8, 4) is 22.6 Å². The van der Waals surface area contributed by atoms with Crippen LogP contribution in [0.5, 0.6) is 5.75 Å². The van der Waals surface area contributed by atoms with E-state index in [1.165, 1.54) is 42.0 Å². The second-order valence-electron chi connectivity index (χ2n) is 6.46. The largest absolute Gasteiger partial charge is 0.497 e. The zero-order chi connectivity index (χ0) is 21.6. The third-order valence-electron chi connectivity index (χ3n) is 4.65. The highest BCUT2D eigenvalue weighted by Crippen LogP contribution is 2.39. The third-order valence-corrected chi connectivity index (χ3v) is 5.76. The Morgan fingerprint density at radius 2 is 1.53 bits per heavy atom. The minimum absolute atomic E-state index is 0.214. The molecule has 0 aliphatic heterocycles. The van der Waals surface area contributed by atoms with Crippen molar-refractivity contribution in [2.24, 2.45) is 0 Å². The summed E-state index contributed by atoms with van der Waals surface area (Å²) >= 11 is 25.1. The summed E-state index contributed by atoms with van der Waals surface area (Å²) in [7, 11) is 1.50. The van der Waals surface area contributed by atoms with Gasteiger partial charge in [0.2, 0.25) is 0 Å². The number of methoxy groups -OCH3 is 1. The molecular formula is C22H12Cl4FNO2. The molecule has 8 heteroatoms. The highest BCUT2D eigenvalue weighted by Gasteiger charge is 2.18. The maximum Gasteiger partial charge on any atom is 0.255 e. The Morgan fingerprint density at radius 3 is 2.17 bits per heavy atom. The Bertz CT molecular complexity index is 1340. The van der Waals surface area contributed by atoms with Crippen LogP contribution in [0.1, 0.15) is 0 Å². The number of nitrogens with zero attached hydrogens (tertiary/aromatic N) is 1. The van der Waals surface area contributed by atoms with Crippen molar-refractivity contribution < 1.29 is 9.13 Å². The number of aromatic nitrogens is 1. The predicted molar refractivity (Wildman–Crippen MR) is 122 cm³/mol. The molecule has 4 rings (SSSR count). The molecule has 0 aliphatic carbocycles. The number of hydrogen-bond donors (Lipinski definition) is 0. The lowest BCUT2D eigenvalue weighted by atomic mass is 9.99. The lowest BCUT2D eigenvalue weighted by Crippen LogP contribution is -2.18. The summed E-state index contributed by atoms with van der Waals surface area (Å²) < 4.78 is 20.4. The zero-order valence-corrected chi connectivity index (χ0v) is 18.4. The van der Waals surface area contributed by atoms with Crippen LogP contribution in [0.2, 0.25) is 20.1 Å². The van der Waals surface area contributed by atoms with Crippen molar-refractivity contribution in [3.63, 3.8) is 0 Å². The molecule has 4 aromatic rings.